The average molecular weight is 290 g/mol. The van der Waals surface area contributed by atoms with Gasteiger partial charge in [0, 0.05) is 19.6 Å². The van der Waals surface area contributed by atoms with Crippen molar-refractivity contribution in [1.29, 1.82) is 0 Å². The molecular formula is C17H26N2O2. The van der Waals surface area contributed by atoms with Gasteiger partial charge in [-0.1, -0.05) is 25.2 Å². The molecule has 3 unspecified atom stereocenters. The molecule has 0 spiro atoms. The standard InChI is InChI=1S/C17H26N2O2/c1-13-10-18-9-3-4-16(18)19(11-13)12-14-5-7-15(8-6-14)17(20)21-2/h5,7-8,13-14,16H,3-4,6,9-12H2,1-2H3. The molecule has 0 N–H and O–H groups in total. The summed E-state index contributed by atoms with van der Waals surface area (Å²) in [6.45, 7) is 7.19. The minimum absolute atomic E-state index is 0.224. The minimum atomic E-state index is -0.224. The molecule has 0 bridgehead atoms. The van der Waals surface area contributed by atoms with Crippen molar-refractivity contribution in [3.8, 4) is 0 Å². The van der Waals surface area contributed by atoms with Gasteiger partial charge in [-0.25, -0.2) is 4.79 Å². The zero-order valence-corrected chi connectivity index (χ0v) is 13.1. The quantitative estimate of drug-likeness (QED) is 0.745. The molecule has 2 heterocycles. The molecule has 0 radical (unpaired) electrons. The zero-order chi connectivity index (χ0) is 14.8. The summed E-state index contributed by atoms with van der Waals surface area (Å²) in [5.41, 5.74) is 0.697. The van der Waals surface area contributed by atoms with Crippen LogP contribution in [0, 0.1) is 11.8 Å². The molecule has 0 aromatic heterocycles. The van der Waals surface area contributed by atoms with Gasteiger partial charge in [0.25, 0.3) is 0 Å². The Morgan fingerprint density at radius 1 is 1.43 bits per heavy atom. The molecular weight excluding hydrogens is 264 g/mol. The van der Waals surface area contributed by atoms with Crippen LogP contribution in [0.3, 0.4) is 0 Å². The van der Waals surface area contributed by atoms with Crippen molar-refractivity contribution in [3.63, 3.8) is 0 Å². The van der Waals surface area contributed by atoms with E-state index in [1.54, 1.807) is 0 Å². The number of hydrogen-bond donors (Lipinski definition) is 0. The number of rotatable bonds is 3. The van der Waals surface area contributed by atoms with Gasteiger partial charge in [-0.3, -0.25) is 9.80 Å². The predicted octanol–water partition coefficient (Wildman–Crippen LogP) is 2.04. The van der Waals surface area contributed by atoms with Crippen LogP contribution in [0.25, 0.3) is 0 Å². The van der Waals surface area contributed by atoms with E-state index in [1.807, 2.05) is 12.2 Å². The molecule has 4 heteroatoms. The Kier molecular flexibility index (Phi) is 4.45. The van der Waals surface area contributed by atoms with Crippen LogP contribution in [-0.2, 0) is 9.53 Å². The van der Waals surface area contributed by atoms with Gasteiger partial charge in [0.15, 0.2) is 0 Å². The summed E-state index contributed by atoms with van der Waals surface area (Å²) in [6.07, 6.45) is 10.4. The van der Waals surface area contributed by atoms with Crippen LogP contribution in [0.4, 0.5) is 0 Å². The second-order valence-electron chi connectivity index (χ2n) is 6.68. The fourth-order valence-electron chi connectivity index (χ4n) is 3.98. The summed E-state index contributed by atoms with van der Waals surface area (Å²) in [4.78, 5) is 16.8. The lowest BCUT2D eigenvalue weighted by Gasteiger charge is -2.44. The van der Waals surface area contributed by atoms with Crippen molar-refractivity contribution in [2.45, 2.75) is 32.4 Å². The molecule has 0 aromatic carbocycles. The molecule has 3 atom stereocenters. The van der Waals surface area contributed by atoms with Gasteiger partial charge in [-0.2, -0.15) is 0 Å². The smallest absolute Gasteiger partial charge is 0.337 e. The van der Waals surface area contributed by atoms with Gasteiger partial charge in [0.05, 0.1) is 18.8 Å². The average Bonchev–Trinajstić information content (AvgIpc) is 2.95. The number of ether oxygens (including phenoxy) is 1. The Morgan fingerprint density at radius 2 is 2.29 bits per heavy atom. The maximum atomic E-state index is 11.5. The van der Waals surface area contributed by atoms with E-state index in [4.69, 9.17) is 4.74 Å². The van der Waals surface area contributed by atoms with Crippen molar-refractivity contribution >= 4 is 5.97 Å². The molecule has 21 heavy (non-hydrogen) atoms. The summed E-state index contributed by atoms with van der Waals surface area (Å²) >= 11 is 0. The molecule has 3 rings (SSSR count). The van der Waals surface area contributed by atoms with Crippen molar-refractivity contribution < 1.29 is 9.53 Å². The number of nitrogens with zero attached hydrogens (tertiary/aromatic N) is 2. The third kappa shape index (κ3) is 3.22. The van der Waals surface area contributed by atoms with E-state index < -0.39 is 0 Å². The van der Waals surface area contributed by atoms with E-state index in [2.05, 4.69) is 22.8 Å². The SMILES string of the molecule is COC(=O)C1=CCC(CN2CC(C)CN3CCCC32)C=C1. The Hall–Kier alpha value is -1.13. The molecule has 4 nitrogen and oxygen atoms in total. The van der Waals surface area contributed by atoms with Crippen molar-refractivity contribution in [2.24, 2.45) is 11.8 Å². The van der Waals surface area contributed by atoms with Gasteiger partial charge in [-0.05, 0) is 37.6 Å². The van der Waals surface area contributed by atoms with Crippen LogP contribution in [0.15, 0.2) is 23.8 Å². The lowest BCUT2D eigenvalue weighted by molar-refractivity contribution is -0.135. The van der Waals surface area contributed by atoms with E-state index in [-0.39, 0.29) is 5.97 Å². The lowest BCUT2D eigenvalue weighted by Crippen LogP contribution is -2.54. The first kappa shape index (κ1) is 14.8. The highest BCUT2D eigenvalue weighted by Gasteiger charge is 2.36. The largest absolute Gasteiger partial charge is 0.465 e. The molecule has 0 amide bonds. The van der Waals surface area contributed by atoms with Crippen molar-refractivity contribution in [3.05, 3.63) is 23.8 Å². The topological polar surface area (TPSA) is 32.8 Å². The number of fused-ring (bicyclic) bond motifs is 1. The highest BCUT2D eigenvalue weighted by molar-refractivity contribution is 5.91. The molecule has 0 saturated carbocycles. The number of methoxy groups -OCH3 is 1. The van der Waals surface area contributed by atoms with E-state index >= 15 is 0 Å². The maximum absolute atomic E-state index is 11.5. The van der Waals surface area contributed by atoms with E-state index in [1.165, 1.54) is 39.6 Å². The summed E-state index contributed by atoms with van der Waals surface area (Å²) in [6, 6.07) is 0. The monoisotopic (exact) mass is 290 g/mol. The number of hydrogen-bond acceptors (Lipinski definition) is 4. The molecule has 2 fully saturated rings. The number of carbonyl (C=O) groups is 1. The zero-order valence-electron chi connectivity index (χ0n) is 13.1. The van der Waals surface area contributed by atoms with Gasteiger partial charge in [0.2, 0.25) is 0 Å². The van der Waals surface area contributed by atoms with Gasteiger partial charge >= 0.3 is 5.97 Å². The van der Waals surface area contributed by atoms with Crippen LogP contribution >= 0.6 is 0 Å². The molecule has 2 aliphatic heterocycles. The summed E-state index contributed by atoms with van der Waals surface area (Å²) in [5, 5.41) is 0. The molecule has 0 aromatic rings. The fourth-order valence-corrected chi connectivity index (χ4v) is 3.98. The predicted molar refractivity (Wildman–Crippen MR) is 82.7 cm³/mol. The maximum Gasteiger partial charge on any atom is 0.337 e. The van der Waals surface area contributed by atoms with E-state index in [9.17, 15) is 4.79 Å². The van der Waals surface area contributed by atoms with Crippen molar-refractivity contribution in [2.75, 3.05) is 33.3 Å². The highest BCUT2D eigenvalue weighted by Crippen LogP contribution is 2.29. The Morgan fingerprint density at radius 3 is 3.00 bits per heavy atom. The highest BCUT2D eigenvalue weighted by atomic mass is 16.5. The summed E-state index contributed by atoms with van der Waals surface area (Å²) < 4.78 is 4.77. The fraction of sp³-hybridized carbons (Fsp3) is 0.706. The second-order valence-corrected chi connectivity index (χ2v) is 6.68. The van der Waals surface area contributed by atoms with Crippen LogP contribution in [-0.4, -0.2) is 55.2 Å². The Bertz CT molecular complexity index is 458. The molecule has 116 valence electrons. The lowest BCUT2D eigenvalue weighted by atomic mass is 9.95. The van der Waals surface area contributed by atoms with E-state index in [0.29, 0.717) is 17.7 Å². The Labute approximate surface area is 127 Å². The van der Waals surface area contributed by atoms with Crippen LogP contribution < -0.4 is 0 Å². The summed E-state index contributed by atoms with van der Waals surface area (Å²) in [7, 11) is 1.44. The van der Waals surface area contributed by atoms with Crippen LogP contribution in [0.5, 0.6) is 0 Å². The van der Waals surface area contributed by atoms with Crippen LogP contribution in [0.2, 0.25) is 0 Å². The van der Waals surface area contributed by atoms with Crippen LogP contribution in [0.1, 0.15) is 26.2 Å². The minimum Gasteiger partial charge on any atom is -0.465 e. The van der Waals surface area contributed by atoms with E-state index in [0.717, 1.165) is 18.9 Å². The second kappa shape index (κ2) is 6.32. The number of carbonyl (C=O) groups excluding carboxylic acids is 1. The van der Waals surface area contributed by atoms with Crippen molar-refractivity contribution in [1.82, 2.24) is 9.80 Å². The molecule has 3 aliphatic rings. The third-order valence-corrected chi connectivity index (χ3v) is 4.92. The van der Waals surface area contributed by atoms with Gasteiger partial charge < -0.3 is 4.74 Å². The number of esters is 1. The first-order chi connectivity index (χ1) is 10.2. The Balaban J connectivity index is 1.59. The normalized spacial score (nSPS) is 33.6. The summed E-state index contributed by atoms with van der Waals surface area (Å²) in [5.74, 6) is 1.05. The molecule has 1 aliphatic carbocycles. The molecule has 2 saturated heterocycles. The first-order valence-electron chi connectivity index (χ1n) is 8.12. The van der Waals surface area contributed by atoms with Gasteiger partial charge in [-0.15, -0.1) is 0 Å². The first-order valence-corrected chi connectivity index (χ1v) is 8.12. The number of allylic oxidation sites excluding steroid dienone is 1. The third-order valence-electron chi connectivity index (χ3n) is 4.92. The van der Waals surface area contributed by atoms with Gasteiger partial charge in [0.1, 0.15) is 0 Å².